The summed E-state index contributed by atoms with van der Waals surface area (Å²) in [7, 11) is 3.31. The minimum atomic E-state index is -0.156. The third-order valence-electron chi connectivity index (χ3n) is 4.32. The molecule has 0 atom stereocenters. The smallest absolute Gasteiger partial charge is 0.0777 e. The van der Waals surface area contributed by atoms with Crippen molar-refractivity contribution in [2.75, 3.05) is 27.2 Å². The Labute approximate surface area is 153 Å². The van der Waals surface area contributed by atoms with E-state index in [1.165, 1.54) is 89.9 Å². The van der Waals surface area contributed by atoms with E-state index in [1.807, 2.05) is 6.92 Å². The summed E-state index contributed by atoms with van der Waals surface area (Å²) in [5.74, 6) is 0. The Morgan fingerprint density at radius 3 is 1.12 bits per heavy atom. The van der Waals surface area contributed by atoms with Crippen molar-refractivity contribution in [1.82, 2.24) is 0 Å². The van der Waals surface area contributed by atoms with Crippen LogP contribution in [0.4, 0.5) is 0 Å². The molecular weight excluding hydrogens is 296 g/mol. The van der Waals surface area contributed by atoms with Crippen LogP contribution in [0, 0.1) is 5.21 Å². The lowest BCUT2D eigenvalue weighted by atomic mass is 10.0. The Morgan fingerprint density at radius 2 is 0.917 bits per heavy atom. The second kappa shape index (κ2) is 20.9. The third-order valence-corrected chi connectivity index (χ3v) is 4.32. The highest BCUT2D eigenvalue weighted by Gasteiger charge is 1.95. The summed E-state index contributed by atoms with van der Waals surface area (Å²) in [5, 5.41) is 10.6. The average molecular weight is 345 g/mol. The molecule has 3 nitrogen and oxygen atoms in total. The van der Waals surface area contributed by atoms with Crippen LogP contribution in [0.3, 0.4) is 0 Å². The topological polar surface area (TPSA) is 49.1 Å². The molecule has 148 valence electrons. The van der Waals surface area contributed by atoms with Crippen LogP contribution < -0.4 is 5.73 Å². The fourth-order valence-electron chi connectivity index (χ4n) is 2.88. The van der Waals surface area contributed by atoms with Crippen LogP contribution in [0.2, 0.25) is 0 Å². The highest BCUT2D eigenvalue weighted by atomic mass is 16.5. The van der Waals surface area contributed by atoms with Crippen molar-refractivity contribution in [1.29, 1.82) is 0 Å². The van der Waals surface area contributed by atoms with E-state index in [-0.39, 0.29) is 4.65 Å². The van der Waals surface area contributed by atoms with Crippen molar-refractivity contribution in [2.24, 2.45) is 5.73 Å². The molecule has 0 aliphatic carbocycles. The first-order valence-corrected chi connectivity index (χ1v) is 10.7. The van der Waals surface area contributed by atoms with Crippen LogP contribution in [-0.2, 0) is 0 Å². The van der Waals surface area contributed by atoms with E-state index in [1.54, 1.807) is 14.1 Å². The van der Waals surface area contributed by atoms with Gasteiger partial charge in [0, 0.05) is 0 Å². The summed E-state index contributed by atoms with van der Waals surface area (Å²) in [6.07, 6.45) is 20.8. The standard InChI is InChI=1S/C16H35N.C5H13NO/c1-2-3-4-5-6-7-8-9-10-11-12-13-14-15-16-17;1-4-5-6(2,3)7/h2-17H2,1H3;4-5H2,1-3H3. The maximum atomic E-state index is 10.6. The second-order valence-corrected chi connectivity index (χ2v) is 7.68. The van der Waals surface area contributed by atoms with Gasteiger partial charge in [0.15, 0.2) is 0 Å². The summed E-state index contributed by atoms with van der Waals surface area (Å²) in [5.41, 5.74) is 5.47. The fraction of sp³-hybridized carbons (Fsp3) is 1.00. The van der Waals surface area contributed by atoms with Gasteiger partial charge in [-0.3, -0.25) is 0 Å². The predicted octanol–water partition coefficient (Wildman–Crippen LogP) is 6.40. The monoisotopic (exact) mass is 344 g/mol. The number of nitrogens with two attached hydrogens (primary N) is 1. The minimum Gasteiger partial charge on any atom is -0.633 e. The first-order valence-electron chi connectivity index (χ1n) is 10.7. The van der Waals surface area contributed by atoms with E-state index in [0.717, 1.165) is 19.5 Å². The fourth-order valence-corrected chi connectivity index (χ4v) is 2.88. The van der Waals surface area contributed by atoms with Crippen molar-refractivity contribution in [3.8, 4) is 0 Å². The van der Waals surface area contributed by atoms with Crippen LogP contribution in [0.1, 0.15) is 110 Å². The van der Waals surface area contributed by atoms with Gasteiger partial charge >= 0.3 is 0 Å². The molecule has 0 saturated carbocycles. The molecule has 3 heteroatoms. The van der Waals surface area contributed by atoms with Gasteiger partial charge < -0.3 is 15.6 Å². The van der Waals surface area contributed by atoms with Gasteiger partial charge in [0.1, 0.15) is 0 Å². The predicted molar refractivity (Wildman–Crippen MR) is 110 cm³/mol. The molecule has 0 radical (unpaired) electrons. The minimum absolute atomic E-state index is 0.156. The van der Waals surface area contributed by atoms with Gasteiger partial charge in [-0.15, -0.1) is 0 Å². The quantitative estimate of drug-likeness (QED) is 0.200. The molecule has 0 rings (SSSR count). The van der Waals surface area contributed by atoms with Crippen molar-refractivity contribution in [3.63, 3.8) is 0 Å². The Bertz CT molecular complexity index is 200. The molecule has 0 fully saturated rings. The van der Waals surface area contributed by atoms with E-state index in [0.29, 0.717) is 0 Å². The molecule has 0 aliphatic heterocycles. The Hall–Kier alpha value is -0.120. The molecule has 0 saturated heterocycles. The highest BCUT2D eigenvalue weighted by Crippen LogP contribution is 2.12. The van der Waals surface area contributed by atoms with Crippen molar-refractivity contribution in [3.05, 3.63) is 5.21 Å². The molecule has 0 amide bonds. The maximum Gasteiger partial charge on any atom is 0.0777 e. The van der Waals surface area contributed by atoms with Gasteiger partial charge in [0.2, 0.25) is 0 Å². The summed E-state index contributed by atoms with van der Waals surface area (Å²) in [4.78, 5) is 0. The summed E-state index contributed by atoms with van der Waals surface area (Å²) < 4.78 is -0.156. The first-order chi connectivity index (χ1) is 11.5. The van der Waals surface area contributed by atoms with Crippen LogP contribution in [0.15, 0.2) is 0 Å². The molecule has 0 bridgehead atoms. The highest BCUT2D eigenvalue weighted by molar-refractivity contribution is 4.49. The molecule has 0 spiro atoms. The van der Waals surface area contributed by atoms with Crippen LogP contribution in [-0.4, -0.2) is 31.8 Å². The SMILES string of the molecule is CCCCCCCCCCCCCCCCN.CCC[N+](C)(C)[O-]. The summed E-state index contributed by atoms with van der Waals surface area (Å²) in [6.45, 7) is 5.89. The first kappa shape index (κ1) is 26.1. The lowest BCUT2D eigenvalue weighted by Crippen LogP contribution is -2.32. The molecule has 0 aromatic heterocycles. The molecule has 2 N–H and O–H groups in total. The largest absolute Gasteiger partial charge is 0.633 e. The Morgan fingerprint density at radius 1 is 0.583 bits per heavy atom. The average Bonchev–Trinajstić information content (AvgIpc) is 2.51. The maximum absolute atomic E-state index is 10.6. The number of hydrogen-bond acceptors (Lipinski definition) is 2. The number of unbranched alkanes of at least 4 members (excludes halogenated alkanes) is 13. The van der Waals surface area contributed by atoms with Gasteiger partial charge in [-0.2, -0.15) is 0 Å². The van der Waals surface area contributed by atoms with Gasteiger partial charge in [-0.1, -0.05) is 97.3 Å². The molecule has 0 aromatic rings. The van der Waals surface area contributed by atoms with Gasteiger partial charge in [0.25, 0.3) is 0 Å². The van der Waals surface area contributed by atoms with Crippen LogP contribution in [0.5, 0.6) is 0 Å². The van der Waals surface area contributed by atoms with Crippen molar-refractivity contribution >= 4 is 0 Å². The number of nitrogens with zero attached hydrogens (tertiary/aromatic N) is 1. The zero-order valence-corrected chi connectivity index (χ0v) is 17.5. The van der Waals surface area contributed by atoms with Gasteiger partial charge in [-0.25, -0.2) is 0 Å². The van der Waals surface area contributed by atoms with Gasteiger partial charge in [0.05, 0.1) is 20.6 Å². The van der Waals surface area contributed by atoms with E-state index in [4.69, 9.17) is 5.73 Å². The normalized spacial score (nSPS) is 11.2. The zero-order valence-electron chi connectivity index (χ0n) is 17.5. The summed E-state index contributed by atoms with van der Waals surface area (Å²) >= 11 is 0. The Kier molecular flexibility index (Phi) is 22.8. The molecule has 0 aromatic carbocycles. The zero-order chi connectivity index (χ0) is 18.5. The third kappa shape index (κ3) is 29.8. The van der Waals surface area contributed by atoms with Crippen molar-refractivity contribution in [2.45, 2.75) is 110 Å². The summed E-state index contributed by atoms with van der Waals surface area (Å²) in [6, 6.07) is 0. The molecule has 0 heterocycles. The van der Waals surface area contributed by atoms with Gasteiger partial charge in [-0.05, 0) is 19.4 Å². The number of hydrogen-bond donors (Lipinski definition) is 1. The molecule has 24 heavy (non-hydrogen) atoms. The number of quaternary nitrogens is 1. The van der Waals surface area contributed by atoms with Crippen LogP contribution >= 0.6 is 0 Å². The van der Waals surface area contributed by atoms with Crippen molar-refractivity contribution < 1.29 is 4.65 Å². The van der Waals surface area contributed by atoms with E-state index < -0.39 is 0 Å². The van der Waals surface area contributed by atoms with Crippen LogP contribution in [0.25, 0.3) is 0 Å². The second-order valence-electron chi connectivity index (χ2n) is 7.68. The number of hydroxylamine groups is 3. The molecule has 0 unspecified atom stereocenters. The molecule has 0 aliphatic rings. The van der Waals surface area contributed by atoms with E-state index >= 15 is 0 Å². The Balaban J connectivity index is 0. The number of rotatable bonds is 16. The lowest BCUT2D eigenvalue weighted by Gasteiger charge is -2.33. The van der Waals surface area contributed by atoms with E-state index in [9.17, 15) is 5.21 Å². The van der Waals surface area contributed by atoms with E-state index in [2.05, 4.69) is 6.92 Å². The lowest BCUT2D eigenvalue weighted by molar-refractivity contribution is -0.839. The molecular formula is C21H48N2O.